The van der Waals surface area contributed by atoms with Crippen molar-refractivity contribution in [2.24, 2.45) is 0 Å². The summed E-state index contributed by atoms with van der Waals surface area (Å²) < 4.78 is 37.2. The number of piperazine rings is 1. The zero-order chi connectivity index (χ0) is 27.4. The van der Waals surface area contributed by atoms with Crippen LogP contribution in [0, 0.1) is 0 Å². The number of carbonyl (C=O) groups excluding carboxylic acids is 2. The van der Waals surface area contributed by atoms with Crippen molar-refractivity contribution in [1.82, 2.24) is 20.0 Å². The van der Waals surface area contributed by atoms with Crippen LogP contribution < -0.4 is 10.1 Å². The van der Waals surface area contributed by atoms with Crippen LogP contribution in [0.3, 0.4) is 0 Å². The van der Waals surface area contributed by atoms with E-state index in [0.717, 1.165) is 51.4 Å². The Morgan fingerprint density at radius 2 is 1.73 bits per heavy atom. The molecule has 0 aliphatic carbocycles. The van der Waals surface area contributed by atoms with Crippen LogP contribution in [0.15, 0.2) is 24.3 Å². The van der Waals surface area contributed by atoms with Crippen LogP contribution >= 0.6 is 0 Å². The second-order valence-electron chi connectivity index (χ2n) is 8.82. The minimum Gasteiger partial charge on any atom is -0.494 e. The Labute approximate surface area is 215 Å². The normalized spacial score (nSPS) is 18.1. The summed E-state index contributed by atoms with van der Waals surface area (Å²) in [6.07, 6.45) is -2.43. The first-order valence-corrected chi connectivity index (χ1v) is 12.6. The van der Waals surface area contributed by atoms with E-state index in [1.54, 1.807) is 0 Å². The topological polar surface area (TPSA) is 102 Å². The molecule has 2 saturated heterocycles. The summed E-state index contributed by atoms with van der Waals surface area (Å²) in [6.45, 7) is 11.1. The standard InChI is InChI=1S/C23H36N4O3.C2HF3O2/c1-3-25-14-5-6-20(25)18-27(15-11-22(28)26-16-12-24-13-17-26)23(29)19-7-9-21(10-8-19)30-4-2;3-2(4,5)1(6)7/h7-10,20,24H,3-6,11-18H2,1-2H3;(H,6,7). The molecule has 1 aromatic carbocycles. The van der Waals surface area contributed by atoms with E-state index >= 15 is 0 Å². The predicted octanol–water partition coefficient (Wildman–Crippen LogP) is 2.47. The average Bonchev–Trinajstić information content (AvgIpc) is 3.34. The Balaban J connectivity index is 0.000000604. The molecule has 208 valence electrons. The minimum atomic E-state index is -5.08. The molecule has 37 heavy (non-hydrogen) atoms. The molecule has 1 aromatic rings. The number of aliphatic carboxylic acids is 1. The SMILES string of the molecule is CCOc1ccc(C(=O)N(CCC(=O)N2CCNCC2)CC2CCCN2CC)cc1.O=C(O)C(F)(F)F. The second kappa shape index (κ2) is 14.8. The highest BCUT2D eigenvalue weighted by atomic mass is 19.4. The molecule has 0 aromatic heterocycles. The first-order valence-electron chi connectivity index (χ1n) is 12.6. The Bertz CT molecular complexity index is 876. The molecule has 2 N–H and O–H groups in total. The molecular formula is C25H37F3N4O5. The number of nitrogens with zero attached hydrogens (tertiary/aromatic N) is 3. The number of alkyl halides is 3. The molecule has 3 rings (SSSR count). The molecule has 9 nitrogen and oxygen atoms in total. The molecule has 2 amide bonds. The smallest absolute Gasteiger partial charge is 0.490 e. The maximum atomic E-state index is 13.3. The molecule has 1 unspecified atom stereocenters. The summed E-state index contributed by atoms with van der Waals surface area (Å²) in [5.74, 6) is -1.86. The van der Waals surface area contributed by atoms with Gasteiger partial charge in [0.05, 0.1) is 6.61 Å². The van der Waals surface area contributed by atoms with Gasteiger partial charge in [0.1, 0.15) is 5.75 Å². The summed E-state index contributed by atoms with van der Waals surface area (Å²) in [5.41, 5.74) is 0.647. The van der Waals surface area contributed by atoms with E-state index in [1.807, 2.05) is 41.0 Å². The number of carboxylic acid groups (broad SMARTS) is 1. The van der Waals surface area contributed by atoms with Crippen molar-refractivity contribution in [3.63, 3.8) is 0 Å². The van der Waals surface area contributed by atoms with Crippen LogP contribution in [0.2, 0.25) is 0 Å². The van der Waals surface area contributed by atoms with Crippen LogP contribution in [0.4, 0.5) is 13.2 Å². The van der Waals surface area contributed by atoms with E-state index in [-0.39, 0.29) is 11.8 Å². The summed E-state index contributed by atoms with van der Waals surface area (Å²) in [4.78, 5) is 41.1. The predicted molar refractivity (Wildman–Crippen MR) is 132 cm³/mol. The van der Waals surface area contributed by atoms with Crippen molar-refractivity contribution in [2.75, 3.05) is 59.0 Å². The van der Waals surface area contributed by atoms with E-state index in [2.05, 4.69) is 17.1 Å². The summed E-state index contributed by atoms with van der Waals surface area (Å²) in [6, 6.07) is 7.70. The number of halogens is 3. The molecule has 0 saturated carbocycles. The van der Waals surface area contributed by atoms with Gasteiger partial charge in [-0.1, -0.05) is 6.92 Å². The molecule has 2 heterocycles. The van der Waals surface area contributed by atoms with Gasteiger partial charge in [-0.3, -0.25) is 14.5 Å². The van der Waals surface area contributed by atoms with Gasteiger partial charge in [-0.15, -0.1) is 0 Å². The number of amides is 2. The Kier molecular flexibility index (Phi) is 12.1. The van der Waals surface area contributed by atoms with Crippen molar-refractivity contribution in [3.05, 3.63) is 29.8 Å². The molecule has 0 bridgehead atoms. The number of hydrogen-bond acceptors (Lipinski definition) is 6. The average molecular weight is 531 g/mol. The Morgan fingerprint density at radius 3 is 2.27 bits per heavy atom. The summed E-state index contributed by atoms with van der Waals surface area (Å²) in [7, 11) is 0. The van der Waals surface area contributed by atoms with Crippen LogP contribution in [-0.2, 0) is 9.59 Å². The van der Waals surface area contributed by atoms with Gasteiger partial charge in [0, 0.05) is 57.3 Å². The number of hydrogen-bond donors (Lipinski definition) is 2. The zero-order valence-corrected chi connectivity index (χ0v) is 21.4. The third-order valence-corrected chi connectivity index (χ3v) is 6.34. The van der Waals surface area contributed by atoms with Crippen molar-refractivity contribution in [1.29, 1.82) is 0 Å². The number of likely N-dealkylation sites (tertiary alicyclic amines) is 1. The summed E-state index contributed by atoms with van der Waals surface area (Å²) in [5, 5.41) is 10.4. The summed E-state index contributed by atoms with van der Waals surface area (Å²) >= 11 is 0. The van der Waals surface area contributed by atoms with Gasteiger partial charge in [-0.05, 0) is 57.1 Å². The lowest BCUT2D eigenvalue weighted by Crippen LogP contribution is -2.48. The number of ether oxygens (including phenoxy) is 1. The van der Waals surface area contributed by atoms with Crippen LogP contribution in [-0.4, -0.2) is 109 Å². The lowest BCUT2D eigenvalue weighted by molar-refractivity contribution is -0.192. The third-order valence-electron chi connectivity index (χ3n) is 6.34. The number of carbonyl (C=O) groups is 3. The fourth-order valence-electron chi connectivity index (χ4n) is 4.39. The lowest BCUT2D eigenvalue weighted by Gasteiger charge is -2.32. The zero-order valence-electron chi connectivity index (χ0n) is 21.4. The number of nitrogens with one attached hydrogen (secondary N) is 1. The highest BCUT2D eigenvalue weighted by molar-refractivity contribution is 5.94. The quantitative estimate of drug-likeness (QED) is 0.506. The van der Waals surface area contributed by atoms with Crippen LogP contribution in [0.5, 0.6) is 5.75 Å². The van der Waals surface area contributed by atoms with E-state index in [4.69, 9.17) is 14.6 Å². The Hall–Kier alpha value is -2.86. The van der Waals surface area contributed by atoms with Crippen molar-refractivity contribution in [3.8, 4) is 5.75 Å². The minimum absolute atomic E-state index is 0.00545. The first kappa shape index (κ1) is 30.4. The highest BCUT2D eigenvalue weighted by Gasteiger charge is 2.38. The van der Waals surface area contributed by atoms with Gasteiger partial charge in [-0.25, -0.2) is 4.79 Å². The maximum Gasteiger partial charge on any atom is 0.490 e. The monoisotopic (exact) mass is 530 g/mol. The van der Waals surface area contributed by atoms with E-state index in [9.17, 15) is 22.8 Å². The molecule has 0 spiro atoms. The fourth-order valence-corrected chi connectivity index (χ4v) is 4.39. The van der Waals surface area contributed by atoms with Crippen molar-refractivity contribution < 1.29 is 37.4 Å². The molecular weight excluding hydrogens is 493 g/mol. The van der Waals surface area contributed by atoms with Crippen molar-refractivity contribution >= 4 is 17.8 Å². The van der Waals surface area contributed by atoms with Gasteiger partial charge in [0.2, 0.25) is 5.91 Å². The van der Waals surface area contributed by atoms with Gasteiger partial charge in [-0.2, -0.15) is 13.2 Å². The molecule has 0 radical (unpaired) electrons. The molecule has 12 heteroatoms. The fraction of sp³-hybridized carbons (Fsp3) is 0.640. The number of carboxylic acids is 1. The largest absolute Gasteiger partial charge is 0.494 e. The van der Waals surface area contributed by atoms with Gasteiger partial charge < -0.3 is 25.0 Å². The van der Waals surface area contributed by atoms with Gasteiger partial charge in [0.25, 0.3) is 5.91 Å². The van der Waals surface area contributed by atoms with Crippen molar-refractivity contribution in [2.45, 2.75) is 45.3 Å². The highest BCUT2D eigenvalue weighted by Crippen LogP contribution is 2.20. The molecule has 2 aliphatic rings. The number of benzene rings is 1. The van der Waals surface area contributed by atoms with E-state index in [0.29, 0.717) is 37.7 Å². The maximum absolute atomic E-state index is 13.3. The number of rotatable bonds is 9. The van der Waals surface area contributed by atoms with Gasteiger partial charge >= 0.3 is 12.1 Å². The molecule has 1 atom stereocenters. The Morgan fingerprint density at radius 1 is 1.11 bits per heavy atom. The lowest BCUT2D eigenvalue weighted by atomic mass is 10.1. The third kappa shape index (κ3) is 9.84. The van der Waals surface area contributed by atoms with Gasteiger partial charge in [0.15, 0.2) is 0 Å². The van der Waals surface area contributed by atoms with E-state index in [1.165, 1.54) is 6.42 Å². The van der Waals surface area contributed by atoms with E-state index < -0.39 is 12.1 Å². The number of likely N-dealkylation sites (N-methyl/N-ethyl adjacent to an activating group) is 1. The molecule has 2 aliphatic heterocycles. The van der Waals surface area contributed by atoms with Crippen LogP contribution in [0.1, 0.15) is 43.5 Å². The first-order chi connectivity index (χ1) is 17.6. The second-order valence-corrected chi connectivity index (χ2v) is 8.82. The molecule has 2 fully saturated rings. The van der Waals surface area contributed by atoms with Crippen LogP contribution in [0.25, 0.3) is 0 Å².